The molecule has 0 saturated heterocycles. The van der Waals surface area contributed by atoms with Gasteiger partial charge in [0.05, 0.1) is 27.2 Å². The van der Waals surface area contributed by atoms with E-state index in [1.807, 2.05) is 13.0 Å². The third kappa shape index (κ3) is 3.10. The van der Waals surface area contributed by atoms with Crippen LogP contribution in [0.15, 0.2) is 47.4 Å². The maximum Gasteiger partial charge on any atom is 0.261 e. The molecule has 20 heavy (non-hydrogen) atoms. The average Bonchev–Trinajstić information content (AvgIpc) is 2.41. The molecule has 0 amide bonds. The van der Waals surface area contributed by atoms with Crippen LogP contribution < -0.4 is 4.72 Å². The molecule has 0 spiro atoms. The summed E-state index contributed by atoms with van der Waals surface area (Å²) in [4.78, 5) is 0.140. The predicted molar refractivity (Wildman–Crippen MR) is 78.2 cm³/mol. The lowest BCUT2D eigenvalue weighted by molar-refractivity contribution is 0.601. The van der Waals surface area contributed by atoms with Crippen LogP contribution in [-0.2, 0) is 10.0 Å². The number of hydrogen-bond donors (Lipinski definition) is 1. The van der Waals surface area contributed by atoms with Crippen LogP contribution >= 0.6 is 11.6 Å². The van der Waals surface area contributed by atoms with E-state index in [0.717, 1.165) is 5.56 Å². The lowest BCUT2D eigenvalue weighted by Crippen LogP contribution is -2.13. The Morgan fingerprint density at radius 2 is 1.80 bits per heavy atom. The van der Waals surface area contributed by atoms with E-state index in [1.54, 1.807) is 12.1 Å². The lowest BCUT2D eigenvalue weighted by atomic mass is 10.2. The van der Waals surface area contributed by atoms with Gasteiger partial charge in [-0.2, -0.15) is 5.26 Å². The zero-order valence-corrected chi connectivity index (χ0v) is 12.2. The summed E-state index contributed by atoms with van der Waals surface area (Å²) in [5.41, 5.74) is 1.48. The average molecular weight is 307 g/mol. The second-order valence-electron chi connectivity index (χ2n) is 4.22. The van der Waals surface area contributed by atoms with Crippen molar-refractivity contribution in [2.24, 2.45) is 0 Å². The first-order chi connectivity index (χ1) is 9.42. The molecule has 6 heteroatoms. The molecule has 0 bridgehead atoms. The summed E-state index contributed by atoms with van der Waals surface area (Å²) < 4.78 is 26.8. The van der Waals surface area contributed by atoms with Gasteiger partial charge < -0.3 is 0 Å². The van der Waals surface area contributed by atoms with Gasteiger partial charge in [-0.05, 0) is 37.3 Å². The number of nitrogens with one attached hydrogen (secondary N) is 1. The molecule has 0 aliphatic rings. The molecule has 0 saturated carbocycles. The molecule has 1 N–H and O–H groups in total. The van der Waals surface area contributed by atoms with Crippen molar-refractivity contribution in [1.29, 1.82) is 5.26 Å². The van der Waals surface area contributed by atoms with Crippen molar-refractivity contribution in [2.45, 2.75) is 11.8 Å². The van der Waals surface area contributed by atoms with E-state index in [-0.39, 0.29) is 15.6 Å². The number of rotatable bonds is 3. The minimum Gasteiger partial charge on any atom is -0.278 e. The van der Waals surface area contributed by atoms with Gasteiger partial charge in [0.15, 0.2) is 0 Å². The normalized spacial score (nSPS) is 10.8. The summed E-state index contributed by atoms with van der Waals surface area (Å²) in [6, 6.07) is 12.8. The van der Waals surface area contributed by atoms with Gasteiger partial charge >= 0.3 is 0 Å². The van der Waals surface area contributed by atoms with E-state index in [2.05, 4.69) is 4.72 Å². The SMILES string of the molecule is Cc1ccc(S(=O)(=O)Nc2cc(C#N)ccc2Cl)cc1. The molecule has 0 radical (unpaired) electrons. The van der Waals surface area contributed by atoms with Crippen LogP contribution in [0.25, 0.3) is 0 Å². The number of sulfonamides is 1. The zero-order chi connectivity index (χ0) is 14.8. The Balaban J connectivity index is 2.38. The summed E-state index contributed by atoms with van der Waals surface area (Å²) in [5, 5.41) is 9.06. The zero-order valence-electron chi connectivity index (χ0n) is 10.6. The number of halogens is 1. The fraction of sp³-hybridized carbons (Fsp3) is 0.0714. The largest absolute Gasteiger partial charge is 0.278 e. The van der Waals surface area contributed by atoms with Crippen LogP contribution in [-0.4, -0.2) is 8.42 Å². The van der Waals surface area contributed by atoms with Crippen LogP contribution in [0.4, 0.5) is 5.69 Å². The topological polar surface area (TPSA) is 70.0 Å². The number of hydrogen-bond acceptors (Lipinski definition) is 3. The van der Waals surface area contributed by atoms with Crippen LogP contribution in [0.2, 0.25) is 5.02 Å². The highest BCUT2D eigenvalue weighted by Gasteiger charge is 2.15. The predicted octanol–water partition coefficient (Wildman–Crippen LogP) is 3.32. The van der Waals surface area contributed by atoms with Crippen molar-refractivity contribution in [3.8, 4) is 6.07 Å². The molecule has 0 atom stereocenters. The van der Waals surface area contributed by atoms with E-state index in [4.69, 9.17) is 16.9 Å². The number of nitriles is 1. The van der Waals surface area contributed by atoms with Crippen molar-refractivity contribution in [1.82, 2.24) is 0 Å². The maximum atomic E-state index is 12.2. The highest BCUT2D eigenvalue weighted by atomic mass is 35.5. The molecule has 2 rings (SSSR count). The van der Waals surface area contributed by atoms with Crippen molar-refractivity contribution in [3.05, 3.63) is 58.6 Å². The molecular weight excluding hydrogens is 296 g/mol. The van der Waals surface area contributed by atoms with Crippen molar-refractivity contribution in [2.75, 3.05) is 4.72 Å². The minimum atomic E-state index is -3.72. The number of anilines is 1. The van der Waals surface area contributed by atoms with Gasteiger partial charge in [-0.1, -0.05) is 29.3 Å². The van der Waals surface area contributed by atoms with E-state index >= 15 is 0 Å². The fourth-order valence-electron chi connectivity index (χ4n) is 1.59. The third-order valence-electron chi connectivity index (χ3n) is 2.67. The Morgan fingerprint density at radius 3 is 2.40 bits per heavy atom. The summed E-state index contributed by atoms with van der Waals surface area (Å²) in [6.45, 7) is 1.87. The second kappa shape index (κ2) is 5.53. The first-order valence-electron chi connectivity index (χ1n) is 5.71. The van der Waals surface area contributed by atoms with E-state index in [0.29, 0.717) is 5.56 Å². The summed E-state index contributed by atoms with van der Waals surface area (Å²) >= 11 is 5.94. The molecule has 0 unspecified atom stereocenters. The Labute approximate surface area is 122 Å². The Kier molecular flexibility index (Phi) is 3.98. The summed E-state index contributed by atoms with van der Waals surface area (Å²) in [7, 11) is -3.72. The van der Waals surface area contributed by atoms with Gasteiger partial charge in [0, 0.05) is 0 Å². The van der Waals surface area contributed by atoms with Crippen LogP contribution in [0, 0.1) is 18.3 Å². The van der Waals surface area contributed by atoms with Gasteiger partial charge in [0.1, 0.15) is 0 Å². The Bertz CT molecular complexity index is 778. The van der Waals surface area contributed by atoms with E-state index in [9.17, 15) is 8.42 Å². The van der Waals surface area contributed by atoms with Gasteiger partial charge in [-0.25, -0.2) is 8.42 Å². The van der Waals surface area contributed by atoms with Gasteiger partial charge in [-0.3, -0.25) is 4.72 Å². The molecule has 2 aromatic rings. The fourth-order valence-corrected chi connectivity index (χ4v) is 2.89. The smallest absolute Gasteiger partial charge is 0.261 e. The van der Waals surface area contributed by atoms with Crippen molar-refractivity contribution >= 4 is 27.3 Å². The molecule has 0 fully saturated rings. The van der Waals surface area contributed by atoms with Crippen molar-refractivity contribution < 1.29 is 8.42 Å². The molecule has 4 nitrogen and oxygen atoms in total. The maximum absolute atomic E-state index is 12.2. The molecular formula is C14H11ClN2O2S. The Hall–Kier alpha value is -2.03. The molecule has 102 valence electrons. The Morgan fingerprint density at radius 1 is 1.15 bits per heavy atom. The highest BCUT2D eigenvalue weighted by molar-refractivity contribution is 7.92. The van der Waals surface area contributed by atoms with Crippen molar-refractivity contribution in [3.63, 3.8) is 0 Å². The molecule has 0 heterocycles. The van der Waals surface area contributed by atoms with Crippen LogP contribution in [0.3, 0.4) is 0 Å². The first-order valence-corrected chi connectivity index (χ1v) is 7.57. The van der Waals surface area contributed by atoms with E-state index in [1.165, 1.54) is 30.3 Å². The second-order valence-corrected chi connectivity index (χ2v) is 6.31. The van der Waals surface area contributed by atoms with E-state index < -0.39 is 10.0 Å². The molecule has 0 aromatic heterocycles. The van der Waals surface area contributed by atoms with Gasteiger partial charge in [0.25, 0.3) is 10.0 Å². The first kappa shape index (κ1) is 14.4. The lowest BCUT2D eigenvalue weighted by Gasteiger charge is -2.10. The van der Waals surface area contributed by atoms with Crippen LogP contribution in [0.5, 0.6) is 0 Å². The standard InChI is InChI=1S/C14H11ClN2O2S/c1-10-2-5-12(6-3-10)20(18,19)17-14-8-11(9-16)4-7-13(14)15/h2-8,17H,1H3. The summed E-state index contributed by atoms with van der Waals surface area (Å²) in [6.07, 6.45) is 0. The molecule has 0 aliphatic carbocycles. The molecule has 0 aliphatic heterocycles. The number of nitrogens with zero attached hydrogens (tertiary/aromatic N) is 1. The number of benzene rings is 2. The quantitative estimate of drug-likeness (QED) is 0.945. The van der Waals surface area contributed by atoms with Crippen LogP contribution in [0.1, 0.15) is 11.1 Å². The highest BCUT2D eigenvalue weighted by Crippen LogP contribution is 2.25. The number of aryl methyl sites for hydroxylation is 1. The molecule has 2 aromatic carbocycles. The monoisotopic (exact) mass is 306 g/mol. The third-order valence-corrected chi connectivity index (χ3v) is 4.38. The van der Waals surface area contributed by atoms with Gasteiger partial charge in [-0.15, -0.1) is 0 Å². The van der Waals surface area contributed by atoms with Gasteiger partial charge in [0.2, 0.25) is 0 Å². The summed E-state index contributed by atoms with van der Waals surface area (Å²) in [5.74, 6) is 0. The minimum absolute atomic E-state index is 0.140.